The second-order valence-electron chi connectivity index (χ2n) is 4.69. The third kappa shape index (κ3) is 4.07. The molecule has 5 heteroatoms. The highest BCUT2D eigenvalue weighted by Gasteiger charge is 2.10. The molecule has 1 atom stereocenters. The largest absolute Gasteiger partial charge is 0.351 e. The third-order valence-electron chi connectivity index (χ3n) is 2.84. The molecule has 2 aromatic rings. The lowest BCUT2D eigenvalue weighted by Gasteiger charge is -2.05. The molecule has 0 radical (unpaired) electrons. The number of amides is 1. The number of rotatable bonds is 5. The quantitative estimate of drug-likeness (QED) is 0.887. The average Bonchev–Trinajstić information content (AvgIpc) is 2.88. The van der Waals surface area contributed by atoms with E-state index in [0.29, 0.717) is 16.4 Å². The Labute approximate surface area is 127 Å². The van der Waals surface area contributed by atoms with Crippen molar-refractivity contribution in [2.24, 2.45) is 5.73 Å². The van der Waals surface area contributed by atoms with Gasteiger partial charge in [-0.05, 0) is 43.2 Å². The fraction of sp³-hybridized carbons (Fsp3) is 0.267. The second kappa shape index (κ2) is 6.88. The topological polar surface area (TPSA) is 55.1 Å². The van der Waals surface area contributed by atoms with Gasteiger partial charge in [0, 0.05) is 22.5 Å². The number of benzene rings is 1. The summed E-state index contributed by atoms with van der Waals surface area (Å²) in [4.78, 5) is 13.7. The molecule has 0 spiro atoms. The normalized spacial score (nSPS) is 12.2. The molecular formula is C15H17ClN2OS. The number of carbonyl (C=O) groups is 1. The predicted octanol–water partition coefficient (Wildman–Crippen LogP) is 3.54. The van der Waals surface area contributed by atoms with Crippen molar-refractivity contribution in [3.63, 3.8) is 0 Å². The predicted molar refractivity (Wildman–Crippen MR) is 85.4 cm³/mol. The Morgan fingerprint density at radius 3 is 2.65 bits per heavy atom. The van der Waals surface area contributed by atoms with Crippen LogP contribution in [0.3, 0.4) is 0 Å². The fourth-order valence-electron chi connectivity index (χ4n) is 1.73. The Hall–Kier alpha value is -1.36. The number of thiophene rings is 1. The van der Waals surface area contributed by atoms with E-state index in [1.165, 1.54) is 11.3 Å². The van der Waals surface area contributed by atoms with Crippen LogP contribution in [-0.2, 0) is 0 Å². The van der Waals surface area contributed by atoms with Gasteiger partial charge in [-0.3, -0.25) is 4.79 Å². The van der Waals surface area contributed by atoms with Crippen LogP contribution in [0.5, 0.6) is 0 Å². The average molecular weight is 309 g/mol. The molecule has 0 aliphatic carbocycles. The maximum absolute atomic E-state index is 12.0. The van der Waals surface area contributed by atoms with E-state index in [0.717, 1.165) is 16.9 Å². The summed E-state index contributed by atoms with van der Waals surface area (Å²) >= 11 is 7.34. The van der Waals surface area contributed by atoms with E-state index < -0.39 is 0 Å². The molecule has 1 aromatic heterocycles. The Kier molecular flexibility index (Phi) is 5.17. The van der Waals surface area contributed by atoms with Crippen LogP contribution in [-0.4, -0.2) is 18.5 Å². The van der Waals surface area contributed by atoms with Gasteiger partial charge in [-0.15, -0.1) is 11.3 Å². The number of nitrogens with two attached hydrogens (primary N) is 1. The van der Waals surface area contributed by atoms with E-state index in [1.54, 1.807) is 0 Å². The molecule has 0 bridgehead atoms. The number of halogens is 1. The standard InChI is InChI=1S/C15H17ClN2OS/c1-10(17)8-9-18-15(19)14-7-6-13(20-14)11-2-4-12(16)5-3-11/h2-7,10H,8-9,17H2,1H3,(H,18,19). The van der Waals surface area contributed by atoms with Crippen molar-refractivity contribution in [2.75, 3.05) is 6.54 Å². The van der Waals surface area contributed by atoms with Crippen molar-refractivity contribution >= 4 is 28.8 Å². The van der Waals surface area contributed by atoms with Gasteiger partial charge in [-0.2, -0.15) is 0 Å². The van der Waals surface area contributed by atoms with Gasteiger partial charge in [0.15, 0.2) is 0 Å². The molecule has 0 fully saturated rings. The smallest absolute Gasteiger partial charge is 0.261 e. The maximum atomic E-state index is 12.0. The number of nitrogens with one attached hydrogen (secondary N) is 1. The summed E-state index contributed by atoms with van der Waals surface area (Å²) in [5.74, 6) is -0.0455. The molecule has 3 nitrogen and oxygen atoms in total. The van der Waals surface area contributed by atoms with Crippen molar-refractivity contribution in [2.45, 2.75) is 19.4 Å². The van der Waals surface area contributed by atoms with Crippen LogP contribution in [0.25, 0.3) is 10.4 Å². The van der Waals surface area contributed by atoms with E-state index in [4.69, 9.17) is 17.3 Å². The van der Waals surface area contributed by atoms with Gasteiger partial charge < -0.3 is 11.1 Å². The summed E-state index contributed by atoms with van der Waals surface area (Å²) in [6, 6.07) is 11.5. The van der Waals surface area contributed by atoms with Crippen LogP contribution in [0.1, 0.15) is 23.0 Å². The van der Waals surface area contributed by atoms with Gasteiger partial charge >= 0.3 is 0 Å². The number of carbonyl (C=O) groups excluding carboxylic acids is 1. The maximum Gasteiger partial charge on any atom is 0.261 e. The van der Waals surface area contributed by atoms with Crippen molar-refractivity contribution < 1.29 is 4.79 Å². The first-order chi connectivity index (χ1) is 9.56. The summed E-state index contributed by atoms with van der Waals surface area (Å²) in [5.41, 5.74) is 6.71. The van der Waals surface area contributed by atoms with Crippen LogP contribution < -0.4 is 11.1 Å². The Bertz CT molecular complexity index is 578. The number of hydrogen-bond acceptors (Lipinski definition) is 3. The summed E-state index contributed by atoms with van der Waals surface area (Å²) in [6.07, 6.45) is 0.779. The van der Waals surface area contributed by atoms with Gasteiger partial charge in [0.1, 0.15) is 0 Å². The molecule has 1 aromatic carbocycles. The lowest BCUT2D eigenvalue weighted by Crippen LogP contribution is -2.28. The van der Waals surface area contributed by atoms with E-state index in [2.05, 4.69) is 5.32 Å². The van der Waals surface area contributed by atoms with E-state index in [1.807, 2.05) is 43.3 Å². The van der Waals surface area contributed by atoms with E-state index >= 15 is 0 Å². The first-order valence-corrected chi connectivity index (χ1v) is 7.65. The third-order valence-corrected chi connectivity index (χ3v) is 4.23. The minimum absolute atomic E-state index is 0.0455. The van der Waals surface area contributed by atoms with Gasteiger partial charge in [-0.25, -0.2) is 0 Å². The molecule has 1 amide bonds. The van der Waals surface area contributed by atoms with Crippen molar-refractivity contribution in [3.05, 3.63) is 46.3 Å². The lowest BCUT2D eigenvalue weighted by molar-refractivity contribution is 0.0957. The first kappa shape index (κ1) is 15.0. The van der Waals surface area contributed by atoms with E-state index in [-0.39, 0.29) is 11.9 Å². The van der Waals surface area contributed by atoms with Crippen LogP contribution in [0, 0.1) is 0 Å². The zero-order valence-corrected chi connectivity index (χ0v) is 12.8. The Morgan fingerprint density at radius 2 is 2.00 bits per heavy atom. The Balaban J connectivity index is 2.01. The number of hydrogen-bond donors (Lipinski definition) is 2. The molecule has 3 N–H and O–H groups in total. The highest BCUT2D eigenvalue weighted by molar-refractivity contribution is 7.17. The van der Waals surface area contributed by atoms with Gasteiger partial charge in [0.05, 0.1) is 4.88 Å². The van der Waals surface area contributed by atoms with E-state index in [9.17, 15) is 4.79 Å². The van der Waals surface area contributed by atoms with Gasteiger partial charge in [0.2, 0.25) is 0 Å². The molecule has 1 unspecified atom stereocenters. The summed E-state index contributed by atoms with van der Waals surface area (Å²) in [5, 5.41) is 3.58. The minimum Gasteiger partial charge on any atom is -0.351 e. The molecule has 106 valence electrons. The highest BCUT2D eigenvalue weighted by Crippen LogP contribution is 2.28. The monoisotopic (exact) mass is 308 g/mol. The van der Waals surface area contributed by atoms with Gasteiger partial charge in [-0.1, -0.05) is 23.7 Å². The highest BCUT2D eigenvalue weighted by atomic mass is 35.5. The van der Waals surface area contributed by atoms with Crippen molar-refractivity contribution in [1.82, 2.24) is 5.32 Å². The van der Waals surface area contributed by atoms with Crippen molar-refractivity contribution in [3.8, 4) is 10.4 Å². The van der Waals surface area contributed by atoms with Crippen LogP contribution in [0.4, 0.5) is 0 Å². The molecule has 1 heterocycles. The lowest BCUT2D eigenvalue weighted by atomic mass is 10.2. The second-order valence-corrected chi connectivity index (χ2v) is 6.21. The van der Waals surface area contributed by atoms with Crippen LogP contribution in [0.15, 0.2) is 36.4 Å². The SMILES string of the molecule is CC(N)CCNC(=O)c1ccc(-c2ccc(Cl)cc2)s1. The molecule has 2 rings (SSSR count). The Morgan fingerprint density at radius 1 is 1.30 bits per heavy atom. The molecule has 0 aliphatic heterocycles. The summed E-state index contributed by atoms with van der Waals surface area (Å²) < 4.78 is 0. The zero-order chi connectivity index (χ0) is 14.5. The van der Waals surface area contributed by atoms with Gasteiger partial charge in [0.25, 0.3) is 5.91 Å². The molecule has 0 saturated carbocycles. The zero-order valence-electron chi connectivity index (χ0n) is 11.2. The molecule has 0 aliphatic rings. The molecular weight excluding hydrogens is 292 g/mol. The summed E-state index contributed by atoms with van der Waals surface area (Å²) in [7, 11) is 0. The first-order valence-electron chi connectivity index (χ1n) is 6.46. The summed E-state index contributed by atoms with van der Waals surface area (Å²) in [6.45, 7) is 2.53. The van der Waals surface area contributed by atoms with Crippen LogP contribution >= 0.6 is 22.9 Å². The van der Waals surface area contributed by atoms with Crippen molar-refractivity contribution in [1.29, 1.82) is 0 Å². The molecule has 20 heavy (non-hydrogen) atoms. The molecule has 0 saturated heterocycles. The van der Waals surface area contributed by atoms with Crippen LogP contribution in [0.2, 0.25) is 5.02 Å². The minimum atomic E-state index is -0.0455. The fourth-order valence-corrected chi connectivity index (χ4v) is 2.78.